The van der Waals surface area contributed by atoms with Crippen molar-refractivity contribution in [3.8, 4) is 0 Å². The highest BCUT2D eigenvalue weighted by Gasteiger charge is 2.18. The molecule has 2 aromatic carbocycles. The molecular formula is C16H15N3O4S2. The predicted octanol–water partition coefficient (Wildman–Crippen LogP) is 2.05. The van der Waals surface area contributed by atoms with E-state index >= 15 is 0 Å². The highest BCUT2D eigenvalue weighted by atomic mass is 32.2. The molecule has 0 radical (unpaired) electrons. The second-order valence-electron chi connectivity index (χ2n) is 5.41. The van der Waals surface area contributed by atoms with E-state index in [1.54, 1.807) is 25.1 Å². The van der Waals surface area contributed by atoms with Gasteiger partial charge in [-0.05, 0) is 49.1 Å². The third kappa shape index (κ3) is 3.47. The van der Waals surface area contributed by atoms with Gasteiger partial charge in [0.2, 0.25) is 0 Å². The lowest BCUT2D eigenvalue weighted by Crippen LogP contribution is -2.29. The van der Waals surface area contributed by atoms with Gasteiger partial charge in [-0.15, -0.1) is 11.8 Å². The van der Waals surface area contributed by atoms with Crippen LogP contribution in [0.25, 0.3) is 11.0 Å². The van der Waals surface area contributed by atoms with Gasteiger partial charge in [-0.2, -0.15) is 0 Å². The molecule has 130 valence electrons. The van der Waals surface area contributed by atoms with E-state index in [4.69, 9.17) is 0 Å². The second-order valence-corrected chi connectivity index (χ2v) is 7.94. The van der Waals surface area contributed by atoms with Gasteiger partial charge in [0.05, 0.1) is 15.9 Å². The molecule has 0 aliphatic rings. The minimum atomic E-state index is -3.86. The fourth-order valence-electron chi connectivity index (χ4n) is 2.44. The summed E-state index contributed by atoms with van der Waals surface area (Å²) in [7, 11) is -3.86. The number of aromatic amines is 2. The van der Waals surface area contributed by atoms with Crippen molar-refractivity contribution >= 4 is 38.5 Å². The lowest BCUT2D eigenvalue weighted by Gasteiger charge is -2.12. The molecule has 3 aromatic rings. The molecule has 1 aromatic heterocycles. The van der Waals surface area contributed by atoms with Crippen LogP contribution in [0, 0.1) is 6.92 Å². The van der Waals surface area contributed by atoms with Crippen molar-refractivity contribution in [3.63, 3.8) is 0 Å². The Morgan fingerprint density at radius 2 is 1.64 bits per heavy atom. The number of aryl methyl sites for hydroxylation is 1. The molecule has 1 heterocycles. The molecule has 25 heavy (non-hydrogen) atoms. The normalized spacial score (nSPS) is 11.6. The van der Waals surface area contributed by atoms with Gasteiger partial charge in [-0.25, -0.2) is 8.42 Å². The zero-order valence-electron chi connectivity index (χ0n) is 13.4. The average Bonchev–Trinajstić information content (AvgIpc) is 2.55. The molecule has 3 N–H and O–H groups in total. The van der Waals surface area contributed by atoms with Crippen molar-refractivity contribution in [2.45, 2.75) is 16.7 Å². The molecular weight excluding hydrogens is 362 g/mol. The zero-order valence-corrected chi connectivity index (χ0v) is 15.0. The second kappa shape index (κ2) is 6.41. The molecule has 0 fully saturated rings. The van der Waals surface area contributed by atoms with Crippen LogP contribution in [0.1, 0.15) is 5.56 Å². The van der Waals surface area contributed by atoms with Gasteiger partial charge < -0.3 is 9.97 Å². The van der Waals surface area contributed by atoms with E-state index in [-0.39, 0.29) is 10.4 Å². The van der Waals surface area contributed by atoms with Crippen LogP contribution in [0.15, 0.2) is 55.8 Å². The Kier molecular flexibility index (Phi) is 4.44. The van der Waals surface area contributed by atoms with Crippen LogP contribution in [0.4, 0.5) is 5.69 Å². The monoisotopic (exact) mass is 377 g/mol. The Morgan fingerprint density at radius 1 is 1.00 bits per heavy atom. The van der Waals surface area contributed by atoms with Crippen LogP contribution in [-0.4, -0.2) is 24.6 Å². The molecule has 3 rings (SSSR count). The molecule has 0 spiro atoms. The number of rotatable bonds is 4. The fraction of sp³-hybridized carbons (Fsp3) is 0.125. The predicted molar refractivity (Wildman–Crippen MR) is 99.0 cm³/mol. The maximum Gasteiger partial charge on any atom is 0.314 e. The Bertz CT molecular complexity index is 1180. The molecule has 0 aliphatic carbocycles. The summed E-state index contributed by atoms with van der Waals surface area (Å²) in [5.41, 5.74) is -0.112. The Morgan fingerprint density at radius 3 is 2.28 bits per heavy atom. The summed E-state index contributed by atoms with van der Waals surface area (Å²) < 4.78 is 28.0. The van der Waals surface area contributed by atoms with Gasteiger partial charge in [0.1, 0.15) is 0 Å². The van der Waals surface area contributed by atoms with Crippen molar-refractivity contribution in [1.82, 2.24) is 9.97 Å². The standard InChI is InChI=1S/C16H15N3O4S2/c1-9-6-12-13(18-16(21)15(20)17-12)8-14(9)25(22,23)19-10-4-3-5-11(7-10)24-2/h3-8,19H,1-2H3,(H,17,20)(H,18,21). The van der Waals surface area contributed by atoms with Crippen molar-refractivity contribution in [2.24, 2.45) is 0 Å². The average molecular weight is 377 g/mol. The van der Waals surface area contributed by atoms with Crippen LogP contribution in [0.3, 0.4) is 0 Å². The van der Waals surface area contributed by atoms with Gasteiger partial charge in [0.15, 0.2) is 0 Å². The molecule has 0 saturated heterocycles. The van der Waals surface area contributed by atoms with E-state index in [2.05, 4.69) is 14.7 Å². The molecule has 7 nitrogen and oxygen atoms in total. The smallest absolute Gasteiger partial charge is 0.314 e. The Hall–Kier alpha value is -2.52. The number of nitrogens with one attached hydrogen (secondary N) is 3. The summed E-state index contributed by atoms with van der Waals surface area (Å²) in [6.45, 7) is 1.62. The number of H-pyrrole nitrogens is 2. The minimum Gasteiger partial charge on any atom is -0.316 e. The van der Waals surface area contributed by atoms with Crippen molar-refractivity contribution in [1.29, 1.82) is 0 Å². The van der Waals surface area contributed by atoms with Crippen molar-refractivity contribution in [3.05, 3.63) is 62.7 Å². The van der Waals surface area contributed by atoms with Crippen LogP contribution in [0.5, 0.6) is 0 Å². The summed E-state index contributed by atoms with van der Waals surface area (Å²) >= 11 is 1.50. The largest absolute Gasteiger partial charge is 0.316 e. The molecule has 0 atom stereocenters. The molecule has 0 unspecified atom stereocenters. The molecule has 0 bridgehead atoms. The number of anilines is 1. The van der Waals surface area contributed by atoms with E-state index in [0.29, 0.717) is 16.8 Å². The molecule has 0 aliphatic heterocycles. The number of sulfonamides is 1. The van der Waals surface area contributed by atoms with Crippen molar-refractivity contribution in [2.75, 3.05) is 11.0 Å². The Balaban J connectivity index is 2.10. The fourth-order valence-corrected chi connectivity index (χ4v) is 4.20. The first kappa shape index (κ1) is 17.3. The number of fused-ring (bicyclic) bond motifs is 1. The van der Waals surface area contributed by atoms with Crippen LogP contribution < -0.4 is 15.8 Å². The number of hydrogen-bond acceptors (Lipinski definition) is 5. The molecule has 0 amide bonds. The highest BCUT2D eigenvalue weighted by Crippen LogP contribution is 2.24. The zero-order chi connectivity index (χ0) is 18.2. The van der Waals surface area contributed by atoms with Gasteiger partial charge in [-0.3, -0.25) is 14.3 Å². The van der Waals surface area contributed by atoms with Crippen LogP contribution in [-0.2, 0) is 10.0 Å². The lowest BCUT2D eigenvalue weighted by atomic mass is 10.2. The van der Waals surface area contributed by atoms with E-state index in [0.717, 1.165) is 4.90 Å². The topological polar surface area (TPSA) is 112 Å². The summed E-state index contributed by atoms with van der Waals surface area (Å²) in [5.74, 6) is 0. The summed E-state index contributed by atoms with van der Waals surface area (Å²) in [6.07, 6.45) is 1.90. The van der Waals surface area contributed by atoms with Gasteiger partial charge in [-0.1, -0.05) is 6.07 Å². The van der Waals surface area contributed by atoms with E-state index in [1.165, 1.54) is 23.9 Å². The first-order valence-corrected chi connectivity index (χ1v) is 9.95. The van der Waals surface area contributed by atoms with Crippen LogP contribution >= 0.6 is 11.8 Å². The van der Waals surface area contributed by atoms with E-state index in [9.17, 15) is 18.0 Å². The summed E-state index contributed by atoms with van der Waals surface area (Å²) in [6, 6.07) is 9.89. The van der Waals surface area contributed by atoms with Gasteiger partial charge in [0, 0.05) is 10.6 Å². The molecule has 0 saturated carbocycles. The number of thioether (sulfide) groups is 1. The Labute approximate surface area is 147 Å². The maximum absolute atomic E-state index is 12.7. The quantitative estimate of drug-likeness (QED) is 0.476. The third-order valence-electron chi connectivity index (χ3n) is 3.63. The summed E-state index contributed by atoms with van der Waals surface area (Å²) in [5, 5.41) is 0. The third-order valence-corrected chi connectivity index (χ3v) is 5.88. The first-order valence-electron chi connectivity index (χ1n) is 7.24. The first-order chi connectivity index (χ1) is 11.8. The lowest BCUT2D eigenvalue weighted by molar-refractivity contribution is 0.600. The SMILES string of the molecule is CSc1cccc(NS(=O)(=O)c2cc3[nH]c(=O)c(=O)[nH]c3cc2C)c1. The van der Waals surface area contributed by atoms with Gasteiger partial charge >= 0.3 is 11.1 Å². The number of aromatic nitrogens is 2. The van der Waals surface area contributed by atoms with Crippen LogP contribution in [0.2, 0.25) is 0 Å². The van der Waals surface area contributed by atoms with E-state index < -0.39 is 21.1 Å². The van der Waals surface area contributed by atoms with Crippen molar-refractivity contribution < 1.29 is 8.42 Å². The number of hydrogen-bond donors (Lipinski definition) is 3. The summed E-state index contributed by atoms with van der Waals surface area (Å²) in [4.78, 5) is 28.6. The number of benzene rings is 2. The highest BCUT2D eigenvalue weighted by molar-refractivity contribution is 7.98. The molecule has 9 heteroatoms. The van der Waals surface area contributed by atoms with Gasteiger partial charge in [0.25, 0.3) is 10.0 Å². The van der Waals surface area contributed by atoms with E-state index in [1.807, 2.05) is 12.3 Å². The maximum atomic E-state index is 12.7. The minimum absolute atomic E-state index is 0.0252.